The van der Waals surface area contributed by atoms with Crippen LogP contribution in [0.3, 0.4) is 0 Å². The van der Waals surface area contributed by atoms with Gasteiger partial charge in [-0.1, -0.05) is 0 Å². The molecule has 1 aromatic rings. The summed E-state index contributed by atoms with van der Waals surface area (Å²) < 4.78 is 18.8. The highest BCUT2D eigenvalue weighted by Crippen LogP contribution is 2.34. The molecule has 0 saturated heterocycles. The third kappa shape index (κ3) is 2.61. The third-order valence-corrected chi connectivity index (χ3v) is 3.20. The van der Waals surface area contributed by atoms with Crippen LogP contribution in [0.15, 0.2) is 18.2 Å². The second-order valence-electron chi connectivity index (χ2n) is 4.72. The van der Waals surface area contributed by atoms with E-state index in [1.807, 2.05) is 0 Å². The van der Waals surface area contributed by atoms with Crippen molar-refractivity contribution in [1.29, 1.82) is 0 Å². The summed E-state index contributed by atoms with van der Waals surface area (Å²) >= 11 is 0. The number of rotatable bonds is 4. The molecule has 0 amide bonds. The molecule has 0 spiro atoms. The Labute approximate surface area is 105 Å². The third-order valence-electron chi connectivity index (χ3n) is 3.20. The van der Waals surface area contributed by atoms with Gasteiger partial charge in [0.25, 0.3) is 0 Å². The van der Waals surface area contributed by atoms with Crippen molar-refractivity contribution in [2.45, 2.75) is 31.9 Å². The molecule has 1 aliphatic rings. The maximum atomic E-state index is 13.1. The van der Waals surface area contributed by atoms with Crippen LogP contribution in [0.25, 0.3) is 0 Å². The fourth-order valence-corrected chi connectivity index (χ4v) is 2.03. The molecule has 4 nitrogen and oxygen atoms in total. The number of nitrogens with two attached hydrogens (primary N) is 1. The summed E-state index contributed by atoms with van der Waals surface area (Å²) in [6.45, 7) is 1.75. The van der Waals surface area contributed by atoms with Crippen LogP contribution in [-0.4, -0.2) is 17.2 Å². The van der Waals surface area contributed by atoms with Gasteiger partial charge in [-0.2, -0.15) is 0 Å². The average Bonchev–Trinajstić information content (AvgIpc) is 2.23. The minimum absolute atomic E-state index is 0.117. The van der Waals surface area contributed by atoms with E-state index in [-0.39, 0.29) is 23.9 Å². The summed E-state index contributed by atoms with van der Waals surface area (Å²) in [7, 11) is 0. The Morgan fingerprint density at radius 1 is 1.56 bits per heavy atom. The van der Waals surface area contributed by atoms with Crippen molar-refractivity contribution in [3.8, 4) is 5.75 Å². The minimum Gasteiger partial charge on any atom is -0.490 e. The minimum atomic E-state index is -0.790. The second kappa shape index (κ2) is 4.94. The smallest absolute Gasteiger partial charge is 0.306 e. The first kappa shape index (κ1) is 12.8. The van der Waals surface area contributed by atoms with Crippen molar-refractivity contribution >= 4 is 5.97 Å². The lowest BCUT2D eigenvalue weighted by molar-refractivity contribution is -0.147. The van der Waals surface area contributed by atoms with Gasteiger partial charge >= 0.3 is 5.97 Å². The van der Waals surface area contributed by atoms with E-state index in [0.717, 1.165) is 0 Å². The fourth-order valence-electron chi connectivity index (χ4n) is 2.03. The van der Waals surface area contributed by atoms with E-state index >= 15 is 0 Å². The Hall–Kier alpha value is -1.62. The molecule has 1 aromatic carbocycles. The van der Waals surface area contributed by atoms with Crippen LogP contribution in [0.2, 0.25) is 0 Å². The molecule has 2 rings (SSSR count). The van der Waals surface area contributed by atoms with Crippen molar-refractivity contribution in [3.05, 3.63) is 29.6 Å². The number of aliphatic carboxylic acids is 1. The number of carboxylic acid groups (broad SMARTS) is 1. The van der Waals surface area contributed by atoms with Gasteiger partial charge in [-0.3, -0.25) is 4.79 Å². The Bertz CT molecular complexity index is 456. The van der Waals surface area contributed by atoms with Crippen molar-refractivity contribution in [2.75, 3.05) is 0 Å². The van der Waals surface area contributed by atoms with E-state index in [2.05, 4.69) is 0 Å². The summed E-state index contributed by atoms with van der Waals surface area (Å²) in [4.78, 5) is 10.7. The predicted octanol–water partition coefficient (Wildman–Crippen LogP) is 2.09. The Kier molecular flexibility index (Phi) is 3.52. The van der Waals surface area contributed by atoms with E-state index in [9.17, 15) is 9.18 Å². The normalized spacial score (nSPS) is 24.2. The van der Waals surface area contributed by atoms with Crippen LogP contribution >= 0.6 is 0 Å². The van der Waals surface area contributed by atoms with Crippen LogP contribution in [0.5, 0.6) is 5.75 Å². The lowest BCUT2D eigenvalue weighted by atomic mass is 9.82. The molecule has 0 bridgehead atoms. The molecule has 1 aliphatic carbocycles. The van der Waals surface area contributed by atoms with Gasteiger partial charge in [0.15, 0.2) is 0 Å². The zero-order valence-corrected chi connectivity index (χ0v) is 10.1. The average molecular weight is 253 g/mol. The largest absolute Gasteiger partial charge is 0.490 e. The number of benzene rings is 1. The van der Waals surface area contributed by atoms with Gasteiger partial charge in [0.1, 0.15) is 17.7 Å². The molecular weight excluding hydrogens is 237 g/mol. The van der Waals surface area contributed by atoms with Crippen LogP contribution in [0.1, 0.15) is 31.4 Å². The highest BCUT2D eigenvalue weighted by Gasteiger charge is 2.36. The first-order valence-corrected chi connectivity index (χ1v) is 5.92. The molecule has 0 heterocycles. The molecule has 1 fully saturated rings. The van der Waals surface area contributed by atoms with E-state index in [0.29, 0.717) is 24.2 Å². The summed E-state index contributed by atoms with van der Waals surface area (Å²) in [5.74, 6) is -0.928. The SMILES string of the molecule is C[C@@H](N)c1cc(F)ccc1OC1CC(C(=O)O)C1. The molecule has 1 atom stereocenters. The van der Waals surface area contributed by atoms with E-state index in [4.69, 9.17) is 15.6 Å². The molecule has 98 valence electrons. The Morgan fingerprint density at radius 2 is 2.22 bits per heavy atom. The van der Waals surface area contributed by atoms with Crippen LogP contribution < -0.4 is 10.5 Å². The van der Waals surface area contributed by atoms with Gasteiger partial charge in [0.2, 0.25) is 0 Å². The second-order valence-corrected chi connectivity index (χ2v) is 4.72. The summed E-state index contributed by atoms with van der Waals surface area (Å²) in [6, 6.07) is 3.88. The number of halogens is 1. The van der Waals surface area contributed by atoms with Gasteiger partial charge in [-0.25, -0.2) is 4.39 Å². The fraction of sp³-hybridized carbons (Fsp3) is 0.462. The maximum absolute atomic E-state index is 13.1. The first-order chi connectivity index (χ1) is 8.47. The Morgan fingerprint density at radius 3 is 2.78 bits per heavy atom. The monoisotopic (exact) mass is 253 g/mol. The van der Waals surface area contributed by atoms with Crippen molar-refractivity contribution < 1.29 is 19.0 Å². The van der Waals surface area contributed by atoms with E-state index in [1.165, 1.54) is 12.1 Å². The van der Waals surface area contributed by atoms with Gasteiger partial charge in [0, 0.05) is 11.6 Å². The summed E-state index contributed by atoms with van der Waals surface area (Å²) in [6.07, 6.45) is 0.866. The van der Waals surface area contributed by atoms with Crippen LogP contribution in [0.4, 0.5) is 4.39 Å². The molecule has 18 heavy (non-hydrogen) atoms. The number of ether oxygens (including phenoxy) is 1. The van der Waals surface area contributed by atoms with Gasteiger partial charge < -0.3 is 15.6 Å². The zero-order valence-electron chi connectivity index (χ0n) is 10.1. The standard InChI is InChI=1S/C13H16FNO3/c1-7(15)11-6-9(14)2-3-12(11)18-10-4-8(5-10)13(16)17/h2-3,6-8,10H,4-5,15H2,1H3,(H,16,17)/t7-,8?,10?/m1/s1. The molecule has 0 radical (unpaired) electrons. The molecule has 0 unspecified atom stereocenters. The van der Waals surface area contributed by atoms with Crippen LogP contribution in [0, 0.1) is 11.7 Å². The number of carbonyl (C=O) groups is 1. The van der Waals surface area contributed by atoms with Gasteiger partial charge in [-0.15, -0.1) is 0 Å². The van der Waals surface area contributed by atoms with Crippen molar-refractivity contribution in [2.24, 2.45) is 11.7 Å². The highest BCUT2D eigenvalue weighted by atomic mass is 19.1. The lowest BCUT2D eigenvalue weighted by Crippen LogP contribution is -2.38. The van der Waals surface area contributed by atoms with E-state index < -0.39 is 5.97 Å². The highest BCUT2D eigenvalue weighted by molar-refractivity contribution is 5.71. The molecular formula is C13H16FNO3. The molecule has 3 N–H and O–H groups in total. The number of carboxylic acids is 1. The van der Waals surface area contributed by atoms with Crippen LogP contribution in [-0.2, 0) is 4.79 Å². The van der Waals surface area contributed by atoms with Gasteiger partial charge in [0.05, 0.1) is 5.92 Å². The van der Waals surface area contributed by atoms with E-state index in [1.54, 1.807) is 13.0 Å². The molecule has 1 saturated carbocycles. The predicted molar refractivity (Wildman–Crippen MR) is 63.8 cm³/mol. The molecule has 5 heteroatoms. The van der Waals surface area contributed by atoms with Gasteiger partial charge in [-0.05, 0) is 38.0 Å². The topological polar surface area (TPSA) is 72.5 Å². The zero-order chi connectivity index (χ0) is 13.3. The maximum Gasteiger partial charge on any atom is 0.306 e. The molecule has 0 aromatic heterocycles. The lowest BCUT2D eigenvalue weighted by Gasteiger charge is -2.33. The summed E-state index contributed by atoms with van der Waals surface area (Å²) in [5, 5.41) is 8.77. The number of hydrogen-bond acceptors (Lipinski definition) is 3. The first-order valence-electron chi connectivity index (χ1n) is 5.92. The quantitative estimate of drug-likeness (QED) is 0.861. The Balaban J connectivity index is 2.04. The summed E-state index contributed by atoms with van der Waals surface area (Å²) in [5.41, 5.74) is 6.36. The van der Waals surface area contributed by atoms with Crippen molar-refractivity contribution in [1.82, 2.24) is 0 Å². The molecule has 0 aliphatic heterocycles. The van der Waals surface area contributed by atoms with Crippen molar-refractivity contribution in [3.63, 3.8) is 0 Å². The number of hydrogen-bond donors (Lipinski definition) is 2.